The van der Waals surface area contributed by atoms with Crippen molar-refractivity contribution in [1.29, 1.82) is 0 Å². The molecule has 1 aromatic rings. The number of carbonyl (C=O) groups is 1. The summed E-state index contributed by atoms with van der Waals surface area (Å²) in [5, 5.41) is 9.03. The molecule has 4 heteroatoms. The molecule has 1 heterocycles. The number of nitrogens with two attached hydrogens (primary N) is 1. The van der Waals surface area contributed by atoms with Crippen LogP contribution in [0.4, 0.5) is 0 Å². The zero-order chi connectivity index (χ0) is 13.8. The SMILES string of the molecule is CC1CCC(C(N)=O)CN1Cc1ccc(CO)cc1. The molecule has 0 aromatic heterocycles. The molecule has 3 N–H and O–H groups in total. The third-order valence-corrected chi connectivity index (χ3v) is 4.00. The molecule has 104 valence electrons. The largest absolute Gasteiger partial charge is 0.392 e. The van der Waals surface area contributed by atoms with E-state index in [1.54, 1.807) is 0 Å². The van der Waals surface area contributed by atoms with Crippen molar-refractivity contribution in [3.63, 3.8) is 0 Å². The molecule has 0 saturated carbocycles. The zero-order valence-corrected chi connectivity index (χ0v) is 11.4. The average Bonchev–Trinajstić information content (AvgIpc) is 2.42. The van der Waals surface area contributed by atoms with Gasteiger partial charge in [0.1, 0.15) is 0 Å². The lowest BCUT2D eigenvalue weighted by atomic mass is 9.92. The summed E-state index contributed by atoms with van der Waals surface area (Å²) < 4.78 is 0. The van der Waals surface area contributed by atoms with Gasteiger partial charge in [0, 0.05) is 19.1 Å². The number of piperidine rings is 1. The van der Waals surface area contributed by atoms with Crippen LogP contribution in [0.15, 0.2) is 24.3 Å². The first-order valence-electron chi connectivity index (χ1n) is 6.82. The van der Waals surface area contributed by atoms with Crippen molar-refractivity contribution in [2.24, 2.45) is 11.7 Å². The van der Waals surface area contributed by atoms with Crippen LogP contribution in [-0.4, -0.2) is 28.5 Å². The van der Waals surface area contributed by atoms with Crippen molar-refractivity contribution >= 4 is 5.91 Å². The molecule has 1 saturated heterocycles. The predicted molar refractivity (Wildman–Crippen MR) is 74.2 cm³/mol. The molecular formula is C15H22N2O2. The summed E-state index contributed by atoms with van der Waals surface area (Å²) in [5.74, 6) is -0.208. The lowest BCUT2D eigenvalue weighted by Crippen LogP contribution is -2.45. The first kappa shape index (κ1) is 14.0. The average molecular weight is 262 g/mol. The number of primary amides is 1. The van der Waals surface area contributed by atoms with Gasteiger partial charge in [0.25, 0.3) is 0 Å². The van der Waals surface area contributed by atoms with Crippen LogP contribution in [0.3, 0.4) is 0 Å². The Morgan fingerprint density at radius 1 is 1.32 bits per heavy atom. The van der Waals surface area contributed by atoms with E-state index in [1.165, 1.54) is 5.56 Å². The Morgan fingerprint density at radius 2 is 1.95 bits per heavy atom. The number of amides is 1. The fourth-order valence-corrected chi connectivity index (χ4v) is 2.62. The second-order valence-electron chi connectivity index (χ2n) is 5.43. The number of rotatable bonds is 4. The Kier molecular flexibility index (Phi) is 4.56. The Balaban J connectivity index is 2.01. The third-order valence-electron chi connectivity index (χ3n) is 4.00. The molecule has 1 aromatic carbocycles. The van der Waals surface area contributed by atoms with Crippen LogP contribution < -0.4 is 5.73 Å². The second-order valence-corrected chi connectivity index (χ2v) is 5.43. The van der Waals surface area contributed by atoms with Crippen molar-refractivity contribution in [3.05, 3.63) is 35.4 Å². The number of likely N-dealkylation sites (tertiary alicyclic amines) is 1. The number of hydrogen-bond acceptors (Lipinski definition) is 3. The summed E-state index contributed by atoms with van der Waals surface area (Å²) in [5.41, 5.74) is 7.54. The van der Waals surface area contributed by atoms with Gasteiger partial charge in [-0.2, -0.15) is 0 Å². The van der Waals surface area contributed by atoms with Gasteiger partial charge < -0.3 is 10.8 Å². The molecule has 2 unspecified atom stereocenters. The van der Waals surface area contributed by atoms with E-state index in [4.69, 9.17) is 10.8 Å². The fourth-order valence-electron chi connectivity index (χ4n) is 2.62. The summed E-state index contributed by atoms with van der Waals surface area (Å²) in [6.45, 7) is 3.85. The smallest absolute Gasteiger partial charge is 0.221 e. The summed E-state index contributed by atoms with van der Waals surface area (Å²) in [6, 6.07) is 8.43. The molecule has 0 bridgehead atoms. The molecule has 2 atom stereocenters. The van der Waals surface area contributed by atoms with Gasteiger partial charge in [-0.3, -0.25) is 9.69 Å². The Hall–Kier alpha value is -1.39. The van der Waals surface area contributed by atoms with Crippen molar-refractivity contribution in [2.45, 2.75) is 39.0 Å². The van der Waals surface area contributed by atoms with E-state index in [9.17, 15) is 4.79 Å². The Bertz CT molecular complexity index is 430. The number of benzene rings is 1. The minimum absolute atomic E-state index is 0.0204. The van der Waals surface area contributed by atoms with Gasteiger partial charge in [0.05, 0.1) is 12.5 Å². The molecule has 0 aliphatic carbocycles. The summed E-state index contributed by atoms with van der Waals surface area (Å²) in [7, 11) is 0. The van der Waals surface area contributed by atoms with E-state index in [0.29, 0.717) is 6.04 Å². The number of hydrogen-bond donors (Lipinski definition) is 2. The van der Waals surface area contributed by atoms with Crippen molar-refractivity contribution in [1.82, 2.24) is 4.90 Å². The predicted octanol–water partition coefficient (Wildman–Crippen LogP) is 1.26. The van der Waals surface area contributed by atoms with Gasteiger partial charge in [0.15, 0.2) is 0 Å². The van der Waals surface area contributed by atoms with E-state index >= 15 is 0 Å². The normalized spacial score (nSPS) is 24.3. The monoisotopic (exact) mass is 262 g/mol. The Morgan fingerprint density at radius 3 is 2.53 bits per heavy atom. The van der Waals surface area contributed by atoms with Crippen LogP contribution in [0, 0.1) is 5.92 Å². The number of aliphatic hydroxyl groups excluding tert-OH is 1. The van der Waals surface area contributed by atoms with E-state index in [0.717, 1.165) is 31.5 Å². The van der Waals surface area contributed by atoms with Gasteiger partial charge in [-0.05, 0) is 30.9 Å². The number of carbonyl (C=O) groups excluding carboxylic acids is 1. The molecule has 0 spiro atoms. The maximum atomic E-state index is 11.3. The highest BCUT2D eigenvalue weighted by atomic mass is 16.3. The highest BCUT2D eigenvalue weighted by Gasteiger charge is 2.28. The Labute approximate surface area is 114 Å². The molecule has 0 radical (unpaired) electrons. The van der Waals surface area contributed by atoms with Crippen molar-refractivity contribution < 1.29 is 9.90 Å². The molecule has 2 rings (SSSR count). The van der Waals surface area contributed by atoms with Gasteiger partial charge in [-0.15, -0.1) is 0 Å². The molecule has 1 aliphatic heterocycles. The van der Waals surface area contributed by atoms with Crippen LogP contribution in [-0.2, 0) is 17.9 Å². The topological polar surface area (TPSA) is 66.6 Å². The van der Waals surface area contributed by atoms with Crippen LogP contribution in [0.5, 0.6) is 0 Å². The minimum atomic E-state index is -0.187. The van der Waals surface area contributed by atoms with Gasteiger partial charge in [0.2, 0.25) is 5.91 Å². The summed E-state index contributed by atoms with van der Waals surface area (Å²) >= 11 is 0. The molecule has 19 heavy (non-hydrogen) atoms. The molecule has 1 aliphatic rings. The standard InChI is InChI=1S/C15H22N2O2/c1-11-2-7-14(15(16)19)9-17(11)8-12-3-5-13(10-18)6-4-12/h3-6,11,14,18H,2,7-10H2,1H3,(H2,16,19). The summed E-state index contributed by atoms with van der Waals surface area (Å²) in [6.07, 6.45) is 1.92. The third kappa shape index (κ3) is 3.55. The van der Waals surface area contributed by atoms with E-state index in [1.807, 2.05) is 24.3 Å². The molecule has 1 amide bonds. The highest BCUT2D eigenvalue weighted by Crippen LogP contribution is 2.23. The molecule has 1 fully saturated rings. The van der Waals surface area contributed by atoms with Crippen LogP contribution in [0.25, 0.3) is 0 Å². The van der Waals surface area contributed by atoms with Gasteiger partial charge in [-0.25, -0.2) is 0 Å². The van der Waals surface area contributed by atoms with Gasteiger partial charge in [-0.1, -0.05) is 24.3 Å². The van der Waals surface area contributed by atoms with Crippen molar-refractivity contribution in [2.75, 3.05) is 6.54 Å². The van der Waals surface area contributed by atoms with Crippen molar-refractivity contribution in [3.8, 4) is 0 Å². The molecule has 4 nitrogen and oxygen atoms in total. The lowest BCUT2D eigenvalue weighted by Gasteiger charge is -2.36. The zero-order valence-electron chi connectivity index (χ0n) is 11.4. The van der Waals surface area contributed by atoms with E-state index in [-0.39, 0.29) is 18.4 Å². The van der Waals surface area contributed by atoms with Crippen LogP contribution >= 0.6 is 0 Å². The lowest BCUT2D eigenvalue weighted by molar-refractivity contribution is -0.124. The quantitative estimate of drug-likeness (QED) is 0.858. The number of nitrogens with zero attached hydrogens (tertiary/aromatic N) is 1. The second kappa shape index (κ2) is 6.17. The van der Waals surface area contributed by atoms with E-state index < -0.39 is 0 Å². The summed E-state index contributed by atoms with van der Waals surface area (Å²) in [4.78, 5) is 13.6. The molecular weight excluding hydrogens is 240 g/mol. The first-order chi connectivity index (χ1) is 9.10. The van der Waals surface area contributed by atoms with Crippen LogP contribution in [0.1, 0.15) is 30.9 Å². The van der Waals surface area contributed by atoms with E-state index in [2.05, 4.69) is 11.8 Å². The maximum absolute atomic E-state index is 11.3. The number of aliphatic hydroxyl groups is 1. The van der Waals surface area contributed by atoms with Gasteiger partial charge >= 0.3 is 0 Å². The highest BCUT2D eigenvalue weighted by molar-refractivity contribution is 5.76. The first-order valence-corrected chi connectivity index (χ1v) is 6.82. The maximum Gasteiger partial charge on any atom is 0.221 e. The fraction of sp³-hybridized carbons (Fsp3) is 0.533. The van der Waals surface area contributed by atoms with Crippen LogP contribution in [0.2, 0.25) is 0 Å². The minimum Gasteiger partial charge on any atom is -0.392 e.